The highest BCUT2D eigenvalue weighted by Gasteiger charge is 2.25. The fourth-order valence-corrected chi connectivity index (χ4v) is 2.19. The van der Waals surface area contributed by atoms with Crippen molar-refractivity contribution < 1.29 is 5.11 Å². The summed E-state index contributed by atoms with van der Waals surface area (Å²) < 4.78 is 2.06. The summed E-state index contributed by atoms with van der Waals surface area (Å²) in [6.07, 6.45) is 4.25. The Morgan fingerprint density at radius 1 is 1.39 bits per heavy atom. The first-order chi connectivity index (χ1) is 8.53. The number of hydrogen-bond acceptors (Lipinski definition) is 2. The predicted molar refractivity (Wildman–Crippen MR) is 72.4 cm³/mol. The summed E-state index contributed by atoms with van der Waals surface area (Å²) >= 11 is 0. The van der Waals surface area contributed by atoms with Gasteiger partial charge in [-0.05, 0) is 26.3 Å². The van der Waals surface area contributed by atoms with Crippen LogP contribution in [0, 0.1) is 6.92 Å². The molecule has 0 aliphatic carbocycles. The second-order valence-electron chi connectivity index (χ2n) is 4.95. The Bertz CT molecular complexity index is 529. The van der Waals surface area contributed by atoms with Crippen molar-refractivity contribution >= 4 is 0 Å². The largest absolute Gasteiger partial charge is 0.385 e. The van der Waals surface area contributed by atoms with Gasteiger partial charge in [-0.15, -0.1) is 0 Å². The molecule has 1 aromatic heterocycles. The van der Waals surface area contributed by atoms with Crippen LogP contribution in [0.1, 0.15) is 30.8 Å². The van der Waals surface area contributed by atoms with Gasteiger partial charge >= 0.3 is 0 Å². The summed E-state index contributed by atoms with van der Waals surface area (Å²) in [6.45, 7) is 6.83. The van der Waals surface area contributed by atoms with Crippen LogP contribution in [0.25, 0.3) is 0 Å². The minimum Gasteiger partial charge on any atom is -0.385 e. The van der Waals surface area contributed by atoms with E-state index in [1.165, 1.54) is 0 Å². The van der Waals surface area contributed by atoms with Gasteiger partial charge in [-0.3, -0.25) is 0 Å². The van der Waals surface area contributed by atoms with Gasteiger partial charge in [0.05, 0.1) is 5.60 Å². The van der Waals surface area contributed by atoms with E-state index < -0.39 is 5.60 Å². The van der Waals surface area contributed by atoms with E-state index in [0.29, 0.717) is 6.42 Å². The van der Waals surface area contributed by atoms with E-state index >= 15 is 0 Å². The molecule has 2 rings (SSSR count). The molecule has 0 radical (unpaired) electrons. The van der Waals surface area contributed by atoms with Crippen LogP contribution < -0.4 is 0 Å². The van der Waals surface area contributed by atoms with Crippen LogP contribution in [-0.2, 0) is 18.6 Å². The molecule has 18 heavy (non-hydrogen) atoms. The molecule has 0 amide bonds. The number of rotatable bonds is 4. The lowest BCUT2D eigenvalue weighted by Crippen LogP contribution is -2.26. The molecular formula is C15H20N2O. The van der Waals surface area contributed by atoms with E-state index in [1.54, 1.807) is 6.20 Å². The lowest BCUT2D eigenvalue weighted by Gasteiger charge is -2.24. The van der Waals surface area contributed by atoms with Crippen LogP contribution in [0.2, 0.25) is 0 Å². The van der Waals surface area contributed by atoms with Crippen molar-refractivity contribution in [2.75, 3.05) is 0 Å². The molecule has 1 aromatic carbocycles. The van der Waals surface area contributed by atoms with Gasteiger partial charge in [0.2, 0.25) is 0 Å². The first-order valence-electron chi connectivity index (χ1n) is 6.32. The predicted octanol–water partition coefficient (Wildman–Crippen LogP) is 2.66. The normalized spacial score (nSPS) is 14.4. The number of benzene rings is 1. The Labute approximate surface area is 108 Å². The molecule has 3 nitrogen and oxygen atoms in total. The Balaban J connectivity index is 2.26. The Hall–Kier alpha value is -1.61. The third-order valence-electron chi connectivity index (χ3n) is 3.28. The fraction of sp³-hybridized carbons (Fsp3) is 0.400. The zero-order valence-electron chi connectivity index (χ0n) is 11.2. The smallest absolute Gasteiger partial charge is 0.111 e. The first kappa shape index (κ1) is 12.8. The lowest BCUT2D eigenvalue weighted by molar-refractivity contribution is 0.0545. The third kappa shape index (κ3) is 2.62. The van der Waals surface area contributed by atoms with E-state index in [1.807, 2.05) is 44.3 Å². The van der Waals surface area contributed by atoms with Gasteiger partial charge in [0, 0.05) is 25.4 Å². The van der Waals surface area contributed by atoms with Crippen molar-refractivity contribution in [3.05, 3.63) is 53.6 Å². The number of aryl methyl sites for hydroxylation is 2. The zero-order chi connectivity index (χ0) is 13.2. The molecule has 1 unspecified atom stereocenters. The van der Waals surface area contributed by atoms with Crippen molar-refractivity contribution in [1.29, 1.82) is 0 Å². The molecular weight excluding hydrogens is 224 g/mol. The summed E-state index contributed by atoms with van der Waals surface area (Å²) in [6, 6.07) is 8.00. The quantitative estimate of drug-likeness (QED) is 0.898. The van der Waals surface area contributed by atoms with Crippen LogP contribution in [0.4, 0.5) is 0 Å². The van der Waals surface area contributed by atoms with Crippen LogP contribution >= 0.6 is 0 Å². The topological polar surface area (TPSA) is 38.0 Å². The SMILES string of the molecule is CCn1ccnc1CC(C)(O)c1cccc(C)c1. The van der Waals surface area contributed by atoms with Crippen molar-refractivity contribution in [3.63, 3.8) is 0 Å². The lowest BCUT2D eigenvalue weighted by atomic mass is 9.91. The molecule has 0 aliphatic rings. The molecule has 1 atom stereocenters. The van der Waals surface area contributed by atoms with Gasteiger partial charge in [-0.25, -0.2) is 4.98 Å². The standard InChI is InChI=1S/C15H20N2O/c1-4-17-9-8-16-14(17)11-15(3,18)13-7-5-6-12(2)10-13/h5-10,18H,4,11H2,1-3H3. The van der Waals surface area contributed by atoms with Crippen molar-refractivity contribution in [1.82, 2.24) is 9.55 Å². The molecule has 0 fully saturated rings. The second-order valence-corrected chi connectivity index (χ2v) is 4.95. The number of aliphatic hydroxyl groups is 1. The van der Waals surface area contributed by atoms with Crippen LogP contribution in [0.15, 0.2) is 36.7 Å². The van der Waals surface area contributed by atoms with Gasteiger partial charge in [-0.2, -0.15) is 0 Å². The molecule has 0 spiro atoms. The Morgan fingerprint density at radius 3 is 2.83 bits per heavy atom. The van der Waals surface area contributed by atoms with E-state index in [0.717, 1.165) is 23.5 Å². The highest BCUT2D eigenvalue weighted by molar-refractivity contribution is 5.27. The van der Waals surface area contributed by atoms with Gasteiger partial charge < -0.3 is 9.67 Å². The number of nitrogens with zero attached hydrogens (tertiary/aromatic N) is 2. The van der Waals surface area contributed by atoms with E-state index in [2.05, 4.69) is 16.5 Å². The summed E-state index contributed by atoms with van der Waals surface area (Å²) in [7, 11) is 0. The number of imidazole rings is 1. The summed E-state index contributed by atoms with van der Waals surface area (Å²) in [5.41, 5.74) is 1.21. The van der Waals surface area contributed by atoms with Crippen LogP contribution in [0.3, 0.4) is 0 Å². The maximum atomic E-state index is 10.6. The van der Waals surface area contributed by atoms with E-state index in [9.17, 15) is 5.11 Å². The average molecular weight is 244 g/mol. The second kappa shape index (κ2) is 4.94. The molecule has 0 bridgehead atoms. The van der Waals surface area contributed by atoms with Gasteiger partial charge in [0.25, 0.3) is 0 Å². The van der Waals surface area contributed by atoms with Gasteiger partial charge in [-0.1, -0.05) is 29.8 Å². The average Bonchev–Trinajstić information content (AvgIpc) is 2.75. The van der Waals surface area contributed by atoms with Crippen LogP contribution in [-0.4, -0.2) is 14.7 Å². The molecule has 0 aliphatic heterocycles. The van der Waals surface area contributed by atoms with Crippen molar-refractivity contribution in [2.45, 2.75) is 39.3 Å². The van der Waals surface area contributed by atoms with Crippen molar-refractivity contribution in [3.8, 4) is 0 Å². The number of hydrogen-bond donors (Lipinski definition) is 1. The Kier molecular flexibility index (Phi) is 3.53. The molecule has 96 valence electrons. The molecule has 1 heterocycles. The maximum absolute atomic E-state index is 10.6. The molecule has 3 heteroatoms. The van der Waals surface area contributed by atoms with Gasteiger partial charge in [0.1, 0.15) is 5.82 Å². The molecule has 0 saturated carbocycles. The maximum Gasteiger partial charge on any atom is 0.111 e. The van der Waals surface area contributed by atoms with Crippen molar-refractivity contribution in [2.24, 2.45) is 0 Å². The summed E-state index contributed by atoms with van der Waals surface area (Å²) in [4.78, 5) is 4.32. The molecule has 1 N–H and O–H groups in total. The summed E-state index contributed by atoms with van der Waals surface area (Å²) in [5.74, 6) is 0.920. The minimum absolute atomic E-state index is 0.525. The minimum atomic E-state index is -0.885. The van der Waals surface area contributed by atoms with Crippen LogP contribution in [0.5, 0.6) is 0 Å². The first-order valence-corrected chi connectivity index (χ1v) is 6.32. The third-order valence-corrected chi connectivity index (χ3v) is 3.28. The fourth-order valence-electron chi connectivity index (χ4n) is 2.19. The number of aromatic nitrogens is 2. The highest BCUT2D eigenvalue weighted by atomic mass is 16.3. The zero-order valence-corrected chi connectivity index (χ0v) is 11.2. The monoisotopic (exact) mass is 244 g/mol. The molecule has 0 saturated heterocycles. The highest BCUT2D eigenvalue weighted by Crippen LogP contribution is 2.25. The van der Waals surface area contributed by atoms with E-state index in [4.69, 9.17) is 0 Å². The molecule has 2 aromatic rings. The van der Waals surface area contributed by atoms with Gasteiger partial charge in [0.15, 0.2) is 0 Å². The Morgan fingerprint density at radius 2 is 2.17 bits per heavy atom. The van der Waals surface area contributed by atoms with E-state index in [-0.39, 0.29) is 0 Å². The summed E-state index contributed by atoms with van der Waals surface area (Å²) in [5, 5.41) is 10.6.